The van der Waals surface area contributed by atoms with Gasteiger partial charge in [-0.15, -0.1) is 0 Å². The second kappa shape index (κ2) is 5.90. The Morgan fingerprint density at radius 2 is 2.05 bits per heavy atom. The van der Waals surface area contributed by atoms with Crippen LogP contribution in [0.5, 0.6) is 11.5 Å². The Balaban J connectivity index is 1.84. The molecule has 1 amide bonds. The highest BCUT2D eigenvalue weighted by atomic mass is 16.3. The molecule has 0 saturated heterocycles. The molecule has 1 aromatic heterocycles. The summed E-state index contributed by atoms with van der Waals surface area (Å²) in [5.41, 5.74) is -0.0968. The lowest BCUT2D eigenvalue weighted by molar-refractivity contribution is 0.0947. The van der Waals surface area contributed by atoms with Crippen LogP contribution >= 0.6 is 0 Å². The quantitative estimate of drug-likeness (QED) is 0.607. The molecule has 6 heteroatoms. The van der Waals surface area contributed by atoms with E-state index in [1.807, 2.05) is 0 Å². The number of phenols is 2. The number of aromatic amines is 1. The maximum atomic E-state index is 11.8. The van der Waals surface area contributed by atoms with Gasteiger partial charge in [-0.05, 0) is 18.6 Å². The summed E-state index contributed by atoms with van der Waals surface area (Å²) in [6, 6.07) is 4.19. The predicted octanol–water partition coefficient (Wildman–Crippen LogP) is 1.18. The molecule has 1 aromatic carbocycles. The Kier molecular flexibility index (Phi) is 4.02. The van der Waals surface area contributed by atoms with Gasteiger partial charge in [0.05, 0.1) is 0 Å². The van der Waals surface area contributed by atoms with Crippen molar-refractivity contribution in [3.8, 4) is 11.5 Å². The van der Waals surface area contributed by atoms with E-state index < -0.39 is 5.91 Å². The minimum absolute atomic E-state index is 0.0968. The molecule has 0 atom stereocenters. The topological polar surface area (TPSA) is 98.2 Å². The van der Waals surface area contributed by atoms with E-state index in [1.165, 1.54) is 18.2 Å². The molecule has 1 heterocycles. The summed E-state index contributed by atoms with van der Waals surface area (Å²) in [4.78, 5) is 18.8. The van der Waals surface area contributed by atoms with Gasteiger partial charge < -0.3 is 20.5 Å². The van der Waals surface area contributed by atoms with Gasteiger partial charge >= 0.3 is 0 Å². The molecule has 0 aliphatic carbocycles. The lowest BCUT2D eigenvalue weighted by atomic mass is 10.1. The highest BCUT2D eigenvalue weighted by Crippen LogP contribution is 2.25. The molecule has 4 N–H and O–H groups in total. The number of benzene rings is 1. The third kappa shape index (κ3) is 3.25. The van der Waals surface area contributed by atoms with Crippen LogP contribution in [0.3, 0.4) is 0 Å². The zero-order valence-electron chi connectivity index (χ0n) is 10.3. The van der Waals surface area contributed by atoms with Gasteiger partial charge in [0.2, 0.25) is 0 Å². The number of hydrogen-bond donors (Lipinski definition) is 4. The Morgan fingerprint density at radius 1 is 1.32 bits per heavy atom. The monoisotopic (exact) mass is 261 g/mol. The summed E-state index contributed by atoms with van der Waals surface area (Å²) in [7, 11) is 0. The highest BCUT2D eigenvalue weighted by Gasteiger charge is 2.15. The summed E-state index contributed by atoms with van der Waals surface area (Å²) in [6.45, 7) is 0.438. The molecule has 0 bridgehead atoms. The Labute approximate surface area is 110 Å². The van der Waals surface area contributed by atoms with Gasteiger partial charge in [-0.3, -0.25) is 4.79 Å². The van der Waals surface area contributed by atoms with Crippen LogP contribution in [0, 0.1) is 0 Å². The fourth-order valence-electron chi connectivity index (χ4n) is 1.74. The van der Waals surface area contributed by atoms with E-state index in [9.17, 15) is 15.0 Å². The van der Waals surface area contributed by atoms with Crippen molar-refractivity contribution in [2.45, 2.75) is 12.8 Å². The first kappa shape index (κ1) is 12.9. The van der Waals surface area contributed by atoms with Crippen molar-refractivity contribution in [3.05, 3.63) is 42.0 Å². The van der Waals surface area contributed by atoms with Gasteiger partial charge in [-0.25, -0.2) is 4.98 Å². The van der Waals surface area contributed by atoms with Crippen molar-refractivity contribution in [2.24, 2.45) is 0 Å². The number of hydrogen-bond acceptors (Lipinski definition) is 4. The molecule has 0 unspecified atom stereocenters. The predicted molar refractivity (Wildman–Crippen MR) is 69.0 cm³/mol. The number of aromatic hydroxyl groups is 2. The molecule has 100 valence electrons. The zero-order valence-corrected chi connectivity index (χ0v) is 10.3. The maximum absolute atomic E-state index is 11.8. The van der Waals surface area contributed by atoms with Gasteiger partial charge in [-0.1, -0.05) is 6.07 Å². The lowest BCUT2D eigenvalue weighted by Crippen LogP contribution is -2.25. The number of amides is 1. The van der Waals surface area contributed by atoms with E-state index in [4.69, 9.17) is 0 Å². The van der Waals surface area contributed by atoms with Crippen LogP contribution in [-0.4, -0.2) is 32.6 Å². The highest BCUT2D eigenvalue weighted by molar-refractivity contribution is 5.99. The van der Waals surface area contributed by atoms with Crippen molar-refractivity contribution < 1.29 is 15.0 Å². The van der Waals surface area contributed by atoms with Gasteiger partial charge in [-0.2, -0.15) is 0 Å². The van der Waals surface area contributed by atoms with Gasteiger partial charge in [0.15, 0.2) is 0 Å². The fraction of sp³-hybridized carbons (Fsp3) is 0.231. The first-order valence-electron chi connectivity index (χ1n) is 5.96. The van der Waals surface area contributed by atoms with Gasteiger partial charge in [0, 0.05) is 25.4 Å². The molecular formula is C13H15N3O3. The Bertz CT molecular complexity index is 532. The number of carbonyl (C=O) groups is 1. The molecule has 0 spiro atoms. The van der Waals surface area contributed by atoms with E-state index in [2.05, 4.69) is 15.3 Å². The molecule has 2 aromatic rings. The van der Waals surface area contributed by atoms with Crippen LogP contribution in [0.25, 0.3) is 0 Å². The number of phenolic OH excluding ortho intramolecular Hbond substituents is 2. The van der Waals surface area contributed by atoms with Gasteiger partial charge in [0.25, 0.3) is 5.91 Å². The van der Waals surface area contributed by atoms with Crippen molar-refractivity contribution in [3.63, 3.8) is 0 Å². The first-order valence-corrected chi connectivity index (χ1v) is 5.96. The summed E-state index contributed by atoms with van der Waals surface area (Å²) in [5.74, 6) is -0.0956. The largest absolute Gasteiger partial charge is 0.507 e. The molecule has 0 aliphatic heterocycles. The van der Waals surface area contributed by atoms with E-state index in [0.29, 0.717) is 13.0 Å². The number of imidazole rings is 1. The summed E-state index contributed by atoms with van der Waals surface area (Å²) >= 11 is 0. The second-order valence-corrected chi connectivity index (χ2v) is 4.07. The summed E-state index contributed by atoms with van der Waals surface area (Å²) in [6.07, 6.45) is 4.86. The van der Waals surface area contributed by atoms with Crippen LogP contribution in [-0.2, 0) is 6.42 Å². The number of H-pyrrole nitrogens is 1. The van der Waals surface area contributed by atoms with E-state index in [-0.39, 0.29) is 17.1 Å². The number of carbonyl (C=O) groups excluding carboxylic acids is 1. The molecule has 0 aliphatic rings. The number of aromatic nitrogens is 2. The molecule has 6 nitrogen and oxygen atoms in total. The van der Waals surface area contributed by atoms with Crippen molar-refractivity contribution in [1.82, 2.24) is 15.3 Å². The third-order valence-corrected chi connectivity index (χ3v) is 2.68. The smallest absolute Gasteiger partial charge is 0.258 e. The van der Waals surface area contributed by atoms with Crippen LogP contribution in [0.15, 0.2) is 30.6 Å². The minimum atomic E-state index is -0.491. The first-order chi connectivity index (χ1) is 9.18. The Hall–Kier alpha value is -2.50. The summed E-state index contributed by atoms with van der Waals surface area (Å²) in [5, 5.41) is 21.7. The fourth-order valence-corrected chi connectivity index (χ4v) is 1.74. The molecular weight excluding hydrogens is 246 g/mol. The second-order valence-electron chi connectivity index (χ2n) is 4.07. The third-order valence-electron chi connectivity index (χ3n) is 2.68. The lowest BCUT2D eigenvalue weighted by Gasteiger charge is -2.07. The molecule has 2 rings (SSSR count). The number of rotatable bonds is 5. The SMILES string of the molecule is O=C(NCCCc1ncc[nH]1)c1c(O)cccc1O. The van der Waals surface area contributed by atoms with Crippen molar-refractivity contribution in [1.29, 1.82) is 0 Å². The molecule has 0 saturated carbocycles. The molecule has 0 fully saturated rings. The van der Waals surface area contributed by atoms with Crippen molar-refractivity contribution in [2.75, 3.05) is 6.54 Å². The number of nitrogens with one attached hydrogen (secondary N) is 2. The maximum Gasteiger partial charge on any atom is 0.258 e. The minimum Gasteiger partial charge on any atom is -0.507 e. The van der Waals surface area contributed by atoms with E-state index in [0.717, 1.165) is 12.2 Å². The van der Waals surface area contributed by atoms with Crippen LogP contribution in [0.1, 0.15) is 22.6 Å². The van der Waals surface area contributed by atoms with E-state index >= 15 is 0 Å². The average Bonchev–Trinajstić information content (AvgIpc) is 2.87. The number of aryl methyl sites for hydroxylation is 1. The van der Waals surface area contributed by atoms with Gasteiger partial charge in [0.1, 0.15) is 22.9 Å². The van der Waals surface area contributed by atoms with E-state index in [1.54, 1.807) is 12.4 Å². The number of nitrogens with zero attached hydrogens (tertiary/aromatic N) is 1. The molecule has 19 heavy (non-hydrogen) atoms. The average molecular weight is 261 g/mol. The standard InChI is InChI=1S/C13H15N3O3/c17-9-3-1-4-10(18)12(9)13(19)16-6-2-5-11-14-7-8-15-11/h1,3-4,7-8,17-18H,2,5-6H2,(H,14,15)(H,16,19). The van der Waals surface area contributed by atoms with Crippen LogP contribution < -0.4 is 5.32 Å². The van der Waals surface area contributed by atoms with Crippen LogP contribution in [0.4, 0.5) is 0 Å². The Morgan fingerprint density at radius 3 is 2.68 bits per heavy atom. The van der Waals surface area contributed by atoms with Crippen LogP contribution in [0.2, 0.25) is 0 Å². The van der Waals surface area contributed by atoms with Crippen molar-refractivity contribution >= 4 is 5.91 Å². The molecule has 0 radical (unpaired) electrons. The zero-order chi connectivity index (χ0) is 13.7. The summed E-state index contributed by atoms with van der Waals surface area (Å²) < 4.78 is 0. The normalized spacial score (nSPS) is 10.3.